The standard InChI is InChI=1S/C10H8N6O2/c1-5-4-7(15-18-5)10-13-12-8-3-2-6(9(11)17)14-16(8)10/h2-4H,1H3,(H2,11,17). The summed E-state index contributed by atoms with van der Waals surface area (Å²) in [4.78, 5) is 11.1. The molecule has 3 heterocycles. The molecule has 8 heteroatoms. The topological polar surface area (TPSA) is 112 Å². The highest BCUT2D eigenvalue weighted by Crippen LogP contribution is 2.16. The predicted molar refractivity (Wildman–Crippen MR) is 59.5 cm³/mol. The zero-order valence-corrected chi connectivity index (χ0v) is 9.36. The third kappa shape index (κ3) is 1.51. The molecular weight excluding hydrogens is 236 g/mol. The first-order valence-corrected chi connectivity index (χ1v) is 5.11. The monoisotopic (exact) mass is 244 g/mol. The molecule has 0 aliphatic heterocycles. The number of aryl methyl sites for hydroxylation is 1. The van der Waals surface area contributed by atoms with E-state index in [1.165, 1.54) is 10.6 Å². The van der Waals surface area contributed by atoms with Gasteiger partial charge in [-0.05, 0) is 19.1 Å². The van der Waals surface area contributed by atoms with Crippen molar-refractivity contribution < 1.29 is 9.32 Å². The van der Waals surface area contributed by atoms with E-state index < -0.39 is 5.91 Å². The van der Waals surface area contributed by atoms with Crippen LogP contribution in [-0.2, 0) is 0 Å². The second kappa shape index (κ2) is 3.62. The average molecular weight is 244 g/mol. The van der Waals surface area contributed by atoms with Crippen LogP contribution >= 0.6 is 0 Å². The van der Waals surface area contributed by atoms with Crippen LogP contribution in [0.1, 0.15) is 16.2 Å². The Morgan fingerprint density at radius 1 is 1.39 bits per heavy atom. The van der Waals surface area contributed by atoms with Gasteiger partial charge in [0.25, 0.3) is 5.91 Å². The molecule has 0 saturated carbocycles. The average Bonchev–Trinajstić information content (AvgIpc) is 2.93. The maximum absolute atomic E-state index is 11.1. The molecule has 0 unspecified atom stereocenters. The number of amides is 1. The summed E-state index contributed by atoms with van der Waals surface area (Å²) in [6.07, 6.45) is 0. The molecule has 3 aromatic heterocycles. The van der Waals surface area contributed by atoms with Crippen LogP contribution in [0.15, 0.2) is 22.7 Å². The van der Waals surface area contributed by atoms with E-state index in [4.69, 9.17) is 10.3 Å². The number of hydrogen-bond donors (Lipinski definition) is 1. The van der Waals surface area contributed by atoms with Crippen LogP contribution in [0.2, 0.25) is 0 Å². The van der Waals surface area contributed by atoms with Gasteiger partial charge in [-0.15, -0.1) is 10.2 Å². The van der Waals surface area contributed by atoms with Gasteiger partial charge in [0.15, 0.2) is 11.3 Å². The van der Waals surface area contributed by atoms with Gasteiger partial charge in [0.1, 0.15) is 11.5 Å². The number of nitrogens with zero attached hydrogens (tertiary/aromatic N) is 5. The van der Waals surface area contributed by atoms with Gasteiger partial charge in [0, 0.05) is 6.07 Å². The summed E-state index contributed by atoms with van der Waals surface area (Å²) in [7, 11) is 0. The molecule has 1 amide bonds. The number of carbonyl (C=O) groups excluding carboxylic acids is 1. The molecule has 3 aromatic rings. The normalized spacial score (nSPS) is 10.9. The molecule has 0 aliphatic carbocycles. The number of fused-ring (bicyclic) bond motifs is 1. The Kier molecular flexibility index (Phi) is 2.09. The van der Waals surface area contributed by atoms with E-state index in [1.54, 1.807) is 19.1 Å². The number of nitrogens with two attached hydrogens (primary N) is 1. The van der Waals surface area contributed by atoms with Gasteiger partial charge in [-0.2, -0.15) is 9.61 Å². The Morgan fingerprint density at radius 3 is 2.89 bits per heavy atom. The molecule has 0 fully saturated rings. The first-order valence-electron chi connectivity index (χ1n) is 5.11. The minimum Gasteiger partial charge on any atom is -0.364 e. The summed E-state index contributed by atoms with van der Waals surface area (Å²) < 4.78 is 6.36. The number of hydrogen-bond acceptors (Lipinski definition) is 6. The molecule has 0 saturated heterocycles. The summed E-state index contributed by atoms with van der Waals surface area (Å²) in [5.74, 6) is 0.422. The first kappa shape index (κ1) is 10.4. The zero-order chi connectivity index (χ0) is 12.7. The maximum atomic E-state index is 11.1. The van der Waals surface area contributed by atoms with Gasteiger partial charge in [0.05, 0.1) is 0 Å². The van der Waals surface area contributed by atoms with E-state index in [1.807, 2.05) is 0 Å². The number of aromatic nitrogens is 5. The molecule has 0 radical (unpaired) electrons. The fourth-order valence-corrected chi connectivity index (χ4v) is 1.55. The first-order chi connectivity index (χ1) is 8.65. The fraction of sp³-hybridized carbons (Fsp3) is 0.100. The van der Waals surface area contributed by atoms with Crippen molar-refractivity contribution in [3.05, 3.63) is 29.7 Å². The largest absolute Gasteiger partial charge is 0.364 e. The maximum Gasteiger partial charge on any atom is 0.269 e. The van der Waals surface area contributed by atoms with Crippen molar-refractivity contribution in [1.82, 2.24) is 25.0 Å². The second-order valence-electron chi connectivity index (χ2n) is 3.70. The van der Waals surface area contributed by atoms with Crippen LogP contribution < -0.4 is 5.73 Å². The van der Waals surface area contributed by atoms with Crippen molar-refractivity contribution in [3.8, 4) is 11.5 Å². The van der Waals surface area contributed by atoms with E-state index in [0.29, 0.717) is 22.9 Å². The van der Waals surface area contributed by atoms with Crippen molar-refractivity contribution in [1.29, 1.82) is 0 Å². The van der Waals surface area contributed by atoms with Gasteiger partial charge in [-0.25, -0.2) is 0 Å². The Bertz CT molecular complexity index is 744. The van der Waals surface area contributed by atoms with Crippen molar-refractivity contribution in [2.75, 3.05) is 0 Å². The third-order valence-corrected chi connectivity index (χ3v) is 2.37. The zero-order valence-electron chi connectivity index (χ0n) is 9.36. The lowest BCUT2D eigenvalue weighted by Gasteiger charge is -1.97. The van der Waals surface area contributed by atoms with Crippen LogP contribution in [0.5, 0.6) is 0 Å². The van der Waals surface area contributed by atoms with Gasteiger partial charge in [-0.1, -0.05) is 5.16 Å². The van der Waals surface area contributed by atoms with E-state index in [-0.39, 0.29) is 5.69 Å². The van der Waals surface area contributed by atoms with Crippen molar-refractivity contribution >= 4 is 11.6 Å². The quantitative estimate of drug-likeness (QED) is 0.688. The highest BCUT2D eigenvalue weighted by atomic mass is 16.5. The number of primary amides is 1. The van der Waals surface area contributed by atoms with E-state index in [0.717, 1.165) is 0 Å². The summed E-state index contributed by atoms with van der Waals surface area (Å²) in [6.45, 7) is 1.77. The molecule has 0 aromatic carbocycles. The lowest BCUT2D eigenvalue weighted by molar-refractivity contribution is 0.0994. The lowest BCUT2D eigenvalue weighted by Crippen LogP contribution is -2.14. The van der Waals surface area contributed by atoms with Crippen molar-refractivity contribution in [3.63, 3.8) is 0 Å². The Morgan fingerprint density at radius 2 is 2.22 bits per heavy atom. The van der Waals surface area contributed by atoms with E-state index in [2.05, 4.69) is 20.5 Å². The summed E-state index contributed by atoms with van der Waals surface area (Å²) in [6, 6.07) is 4.80. The molecule has 90 valence electrons. The van der Waals surface area contributed by atoms with Gasteiger partial charge in [0.2, 0.25) is 5.82 Å². The fourth-order valence-electron chi connectivity index (χ4n) is 1.55. The molecular formula is C10H8N6O2. The van der Waals surface area contributed by atoms with Crippen LogP contribution in [0.4, 0.5) is 0 Å². The van der Waals surface area contributed by atoms with Crippen molar-refractivity contribution in [2.45, 2.75) is 6.92 Å². The molecule has 0 spiro atoms. The molecule has 0 aliphatic rings. The molecule has 3 rings (SSSR count). The highest BCUT2D eigenvalue weighted by molar-refractivity contribution is 5.90. The SMILES string of the molecule is Cc1cc(-c2nnc3ccc(C(N)=O)nn23)no1. The third-order valence-electron chi connectivity index (χ3n) is 2.37. The van der Waals surface area contributed by atoms with E-state index in [9.17, 15) is 4.79 Å². The van der Waals surface area contributed by atoms with Crippen LogP contribution in [0.3, 0.4) is 0 Å². The smallest absolute Gasteiger partial charge is 0.269 e. The molecule has 0 atom stereocenters. The lowest BCUT2D eigenvalue weighted by atomic mass is 10.3. The van der Waals surface area contributed by atoms with Gasteiger partial charge >= 0.3 is 0 Å². The number of rotatable bonds is 2. The van der Waals surface area contributed by atoms with Crippen LogP contribution in [-0.4, -0.2) is 30.9 Å². The van der Waals surface area contributed by atoms with Crippen LogP contribution in [0, 0.1) is 6.92 Å². The Balaban J connectivity index is 2.23. The second-order valence-corrected chi connectivity index (χ2v) is 3.70. The minimum absolute atomic E-state index is 0.128. The predicted octanol–water partition coefficient (Wildman–Crippen LogP) is 0.187. The van der Waals surface area contributed by atoms with Gasteiger partial charge < -0.3 is 10.3 Å². The molecule has 2 N–H and O–H groups in total. The van der Waals surface area contributed by atoms with Gasteiger partial charge in [-0.3, -0.25) is 4.79 Å². The Hall–Kier alpha value is -2.77. The molecule has 8 nitrogen and oxygen atoms in total. The molecule has 18 heavy (non-hydrogen) atoms. The van der Waals surface area contributed by atoms with E-state index >= 15 is 0 Å². The number of carbonyl (C=O) groups is 1. The summed E-state index contributed by atoms with van der Waals surface area (Å²) in [5.41, 5.74) is 6.30. The highest BCUT2D eigenvalue weighted by Gasteiger charge is 2.14. The minimum atomic E-state index is -0.618. The van der Waals surface area contributed by atoms with Crippen LogP contribution in [0.25, 0.3) is 17.2 Å². The summed E-state index contributed by atoms with van der Waals surface area (Å²) >= 11 is 0. The Labute approximate surface area is 100 Å². The van der Waals surface area contributed by atoms with Crippen molar-refractivity contribution in [2.24, 2.45) is 5.73 Å². The molecule has 0 bridgehead atoms. The summed E-state index contributed by atoms with van der Waals surface area (Å²) in [5, 5.41) is 15.8.